The summed E-state index contributed by atoms with van der Waals surface area (Å²) in [4.78, 5) is 20.1. The number of hydrogen-bond donors (Lipinski definition) is 1. The van der Waals surface area contributed by atoms with E-state index >= 15 is 0 Å². The Morgan fingerprint density at radius 1 is 1.16 bits per heavy atom. The SMILES string of the molecule is O=c1c2c3c(sc2ncn1CC1CCCCC1)C[C@@H](NCCc1ccccc1F)CC3. The molecule has 1 aromatic carbocycles. The molecule has 2 aromatic heterocycles. The molecule has 0 spiro atoms. The first-order valence-corrected chi connectivity index (χ1v) is 12.5. The van der Waals surface area contributed by atoms with Crippen molar-refractivity contribution < 1.29 is 4.39 Å². The molecule has 31 heavy (non-hydrogen) atoms. The summed E-state index contributed by atoms with van der Waals surface area (Å²) in [6.45, 7) is 1.57. The molecule has 0 unspecified atom stereocenters. The van der Waals surface area contributed by atoms with Crippen LogP contribution in [-0.2, 0) is 25.8 Å². The maximum atomic E-state index is 13.8. The summed E-state index contributed by atoms with van der Waals surface area (Å²) in [7, 11) is 0. The maximum absolute atomic E-state index is 13.8. The van der Waals surface area contributed by atoms with Gasteiger partial charge in [-0.05, 0) is 68.2 Å². The maximum Gasteiger partial charge on any atom is 0.262 e. The van der Waals surface area contributed by atoms with E-state index in [0.717, 1.165) is 48.1 Å². The first-order valence-electron chi connectivity index (χ1n) is 11.7. The average Bonchev–Trinajstić information content (AvgIpc) is 3.16. The van der Waals surface area contributed by atoms with E-state index in [1.807, 2.05) is 16.7 Å². The number of thiophene rings is 1. The predicted molar refractivity (Wildman–Crippen MR) is 124 cm³/mol. The number of nitrogens with one attached hydrogen (secondary N) is 1. The third-order valence-electron chi connectivity index (χ3n) is 7.00. The van der Waals surface area contributed by atoms with E-state index in [2.05, 4.69) is 10.3 Å². The zero-order valence-electron chi connectivity index (χ0n) is 17.9. The molecule has 1 N–H and O–H groups in total. The lowest BCUT2D eigenvalue weighted by molar-refractivity contribution is 0.315. The van der Waals surface area contributed by atoms with Gasteiger partial charge in [-0.3, -0.25) is 9.36 Å². The molecule has 5 rings (SSSR count). The zero-order chi connectivity index (χ0) is 21.2. The molecule has 2 aliphatic carbocycles. The molecule has 0 bridgehead atoms. The van der Waals surface area contributed by atoms with Crippen LogP contribution in [-0.4, -0.2) is 22.1 Å². The second-order valence-corrected chi connectivity index (χ2v) is 10.2. The lowest BCUT2D eigenvalue weighted by atomic mass is 9.89. The Hall–Kier alpha value is -2.05. The predicted octanol–water partition coefficient (Wildman–Crippen LogP) is 4.87. The molecular weight excluding hydrogens is 409 g/mol. The quantitative estimate of drug-likeness (QED) is 0.596. The summed E-state index contributed by atoms with van der Waals surface area (Å²) in [5.41, 5.74) is 2.14. The van der Waals surface area contributed by atoms with Gasteiger partial charge in [0.05, 0.1) is 11.7 Å². The van der Waals surface area contributed by atoms with Gasteiger partial charge >= 0.3 is 0 Å². The number of aryl methyl sites for hydroxylation is 1. The summed E-state index contributed by atoms with van der Waals surface area (Å²) in [5, 5.41) is 4.46. The standard InChI is InChI=1S/C25H30FN3OS/c26-21-9-5-4-8-18(21)12-13-27-19-10-11-20-22(14-19)31-24-23(20)25(30)29(16-28-24)15-17-6-2-1-3-7-17/h4-5,8-9,16-17,19,27H,1-3,6-7,10-15H2/t19-/m0/s1. The van der Waals surface area contributed by atoms with Crippen LogP contribution >= 0.6 is 11.3 Å². The Morgan fingerprint density at radius 3 is 2.84 bits per heavy atom. The molecule has 0 saturated heterocycles. The van der Waals surface area contributed by atoms with E-state index in [1.54, 1.807) is 23.7 Å². The van der Waals surface area contributed by atoms with Gasteiger partial charge in [0, 0.05) is 17.5 Å². The Morgan fingerprint density at radius 2 is 2.00 bits per heavy atom. The largest absolute Gasteiger partial charge is 0.313 e. The van der Waals surface area contributed by atoms with E-state index < -0.39 is 0 Å². The molecule has 2 aliphatic rings. The zero-order valence-corrected chi connectivity index (χ0v) is 18.7. The number of nitrogens with zero attached hydrogens (tertiary/aromatic N) is 2. The number of hydrogen-bond acceptors (Lipinski definition) is 4. The Labute approximate surface area is 186 Å². The highest BCUT2D eigenvalue weighted by atomic mass is 32.1. The average molecular weight is 440 g/mol. The van der Waals surface area contributed by atoms with E-state index in [0.29, 0.717) is 18.4 Å². The Kier molecular flexibility index (Phi) is 6.19. The molecule has 3 aromatic rings. The minimum atomic E-state index is -0.129. The van der Waals surface area contributed by atoms with Gasteiger partial charge < -0.3 is 5.32 Å². The Bertz CT molecular complexity index is 1120. The lowest BCUT2D eigenvalue weighted by Crippen LogP contribution is -2.35. The van der Waals surface area contributed by atoms with Crippen molar-refractivity contribution >= 4 is 21.6 Å². The van der Waals surface area contributed by atoms with Crippen molar-refractivity contribution in [3.05, 3.63) is 62.8 Å². The van der Waals surface area contributed by atoms with Crippen LogP contribution in [0.25, 0.3) is 10.2 Å². The third-order valence-corrected chi connectivity index (χ3v) is 8.16. The smallest absolute Gasteiger partial charge is 0.262 e. The van der Waals surface area contributed by atoms with Gasteiger partial charge in [-0.25, -0.2) is 9.37 Å². The fourth-order valence-corrected chi connectivity index (χ4v) is 6.52. The van der Waals surface area contributed by atoms with Crippen LogP contribution in [0.4, 0.5) is 4.39 Å². The van der Waals surface area contributed by atoms with Gasteiger partial charge in [-0.1, -0.05) is 37.5 Å². The van der Waals surface area contributed by atoms with Crippen molar-refractivity contribution in [2.75, 3.05) is 6.54 Å². The van der Waals surface area contributed by atoms with Gasteiger partial charge in [0.1, 0.15) is 10.6 Å². The Balaban J connectivity index is 1.27. The summed E-state index contributed by atoms with van der Waals surface area (Å²) in [5.74, 6) is 0.485. The van der Waals surface area contributed by atoms with E-state index in [1.165, 1.54) is 48.6 Å². The molecule has 0 amide bonds. The first kappa shape index (κ1) is 20.8. The molecule has 164 valence electrons. The third kappa shape index (κ3) is 4.46. The molecule has 6 heteroatoms. The fraction of sp³-hybridized carbons (Fsp3) is 0.520. The molecule has 1 atom stereocenters. The summed E-state index contributed by atoms with van der Waals surface area (Å²) in [6, 6.07) is 7.36. The minimum absolute atomic E-state index is 0.129. The number of fused-ring (bicyclic) bond motifs is 3. The summed E-state index contributed by atoms with van der Waals surface area (Å²) in [6.07, 6.45) is 11.7. The second kappa shape index (κ2) is 9.21. The van der Waals surface area contributed by atoms with Crippen molar-refractivity contribution in [1.82, 2.24) is 14.9 Å². The molecule has 1 fully saturated rings. The van der Waals surface area contributed by atoms with Gasteiger partial charge in [-0.15, -0.1) is 11.3 Å². The van der Waals surface area contributed by atoms with Crippen molar-refractivity contribution in [1.29, 1.82) is 0 Å². The van der Waals surface area contributed by atoms with Crippen LogP contribution in [0.3, 0.4) is 0 Å². The van der Waals surface area contributed by atoms with Crippen LogP contribution in [0, 0.1) is 11.7 Å². The van der Waals surface area contributed by atoms with Crippen LogP contribution in [0.2, 0.25) is 0 Å². The van der Waals surface area contributed by atoms with Gasteiger partial charge in [0.2, 0.25) is 0 Å². The molecule has 2 heterocycles. The molecule has 1 saturated carbocycles. The number of benzene rings is 1. The first-order chi connectivity index (χ1) is 15.2. The summed E-state index contributed by atoms with van der Waals surface area (Å²) < 4.78 is 15.7. The monoisotopic (exact) mass is 439 g/mol. The number of halogens is 1. The highest BCUT2D eigenvalue weighted by molar-refractivity contribution is 7.18. The normalized spacial score (nSPS) is 19.6. The molecule has 4 nitrogen and oxygen atoms in total. The van der Waals surface area contributed by atoms with E-state index in [-0.39, 0.29) is 11.4 Å². The highest BCUT2D eigenvalue weighted by Gasteiger charge is 2.25. The second-order valence-electron chi connectivity index (χ2n) is 9.13. The van der Waals surface area contributed by atoms with Crippen molar-refractivity contribution in [2.45, 2.75) is 70.4 Å². The molecule has 0 aliphatic heterocycles. The van der Waals surface area contributed by atoms with Crippen LogP contribution in [0.15, 0.2) is 35.4 Å². The lowest BCUT2D eigenvalue weighted by Gasteiger charge is -2.24. The van der Waals surface area contributed by atoms with Crippen LogP contribution in [0.1, 0.15) is 54.5 Å². The van der Waals surface area contributed by atoms with Gasteiger partial charge in [0.25, 0.3) is 5.56 Å². The fourth-order valence-electron chi connectivity index (χ4n) is 5.27. The van der Waals surface area contributed by atoms with Crippen LogP contribution < -0.4 is 10.9 Å². The highest BCUT2D eigenvalue weighted by Crippen LogP contribution is 2.34. The number of aromatic nitrogens is 2. The number of rotatable bonds is 6. The minimum Gasteiger partial charge on any atom is -0.313 e. The topological polar surface area (TPSA) is 46.9 Å². The van der Waals surface area contributed by atoms with Crippen molar-refractivity contribution in [3.8, 4) is 0 Å². The molecule has 0 radical (unpaired) electrons. The van der Waals surface area contributed by atoms with Gasteiger partial charge in [-0.2, -0.15) is 0 Å². The van der Waals surface area contributed by atoms with E-state index in [9.17, 15) is 9.18 Å². The van der Waals surface area contributed by atoms with Crippen LogP contribution in [0.5, 0.6) is 0 Å². The summed E-state index contributed by atoms with van der Waals surface area (Å²) >= 11 is 1.68. The molecular formula is C25H30FN3OS. The van der Waals surface area contributed by atoms with E-state index in [4.69, 9.17) is 0 Å². The van der Waals surface area contributed by atoms with Crippen molar-refractivity contribution in [3.63, 3.8) is 0 Å². The van der Waals surface area contributed by atoms with Crippen molar-refractivity contribution in [2.24, 2.45) is 5.92 Å². The van der Waals surface area contributed by atoms with Gasteiger partial charge in [0.15, 0.2) is 0 Å².